The average Bonchev–Trinajstić information content (AvgIpc) is 2.74. The molecule has 0 bridgehead atoms. The molecule has 3 rings (SSSR count). The molecule has 5 nitrogen and oxygen atoms in total. The highest BCUT2D eigenvalue weighted by Crippen LogP contribution is 2.28. The van der Waals surface area contributed by atoms with Gasteiger partial charge in [0, 0.05) is 25.0 Å². The van der Waals surface area contributed by atoms with Crippen LogP contribution in [0.15, 0.2) is 29.2 Å². The summed E-state index contributed by atoms with van der Waals surface area (Å²) in [4.78, 5) is 13.0. The van der Waals surface area contributed by atoms with Gasteiger partial charge in [-0.3, -0.25) is 4.79 Å². The number of nitrogens with zero attached hydrogens (tertiary/aromatic N) is 1. The van der Waals surface area contributed by atoms with Crippen LogP contribution in [0.3, 0.4) is 0 Å². The molecule has 162 valence electrons. The summed E-state index contributed by atoms with van der Waals surface area (Å²) in [6.45, 7) is 7.25. The number of piperidine rings is 1. The Kier molecular flexibility index (Phi) is 7.38. The Bertz CT molecular complexity index is 773. The van der Waals surface area contributed by atoms with Crippen molar-refractivity contribution < 1.29 is 13.2 Å². The Morgan fingerprint density at radius 1 is 1.03 bits per heavy atom. The van der Waals surface area contributed by atoms with Gasteiger partial charge in [-0.1, -0.05) is 39.3 Å². The maximum Gasteiger partial charge on any atom is 0.243 e. The smallest absolute Gasteiger partial charge is 0.243 e. The zero-order valence-electron chi connectivity index (χ0n) is 18.1. The minimum absolute atomic E-state index is 0.0753. The summed E-state index contributed by atoms with van der Waals surface area (Å²) in [5.41, 5.74) is 1.13. The van der Waals surface area contributed by atoms with Gasteiger partial charge in [0.05, 0.1) is 4.90 Å². The molecular formula is C23H36N2O3S. The summed E-state index contributed by atoms with van der Waals surface area (Å²) in [7, 11) is -3.49. The first-order chi connectivity index (χ1) is 13.8. The highest BCUT2D eigenvalue weighted by atomic mass is 32.2. The van der Waals surface area contributed by atoms with E-state index >= 15 is 0 Å². The molecule has 6 heteroatoms. The molecule has 29 heavy (non-hydrogen) atoms. The lowest BCUT2D eigenvalue weighted by molar-refractivity contribution is -0.127. The van der Waals surface area contributed by atoms with Gasteiger partial charge < -0.3 is 5.32 Å². The second-order valence-electron chi connectivity index (χ2n) is 9.04. The summed E-state index contributed by atoms with van der Waals surface area (Å²) < 4.78 is 27.4. The van der Waals surface area contributed by atoms with Crippen molar-refractivity contribution in [3.63, 3.8) is 0 Å². The number of carbonyl (C=O) groups is 1. The number of carbonyl (C=O) groups excluding carboxylic acids is 1. The van der Waals surface area contributed by atoms with Crippen LogP contribution in [-0.2, 0) is 14.8 Å². The fraction of sp³-hybridized carbons (Fsp3) is 0.696. The Labute approximate surface area is 176 Å². The summed E-state index contributed by atoms with van der Waals surface area (Å²) in [5, 5.41) is 3.23. The number of hydrogen-bond donors (Lipinski definition) is 1. The minimum Gasteiger partial charge on any atom is -0.353 e. The van der Waals surface area contributed by atoms with Crippen molar-refractivity contribution in [2.45, 2.75) is 82.6 Å². The van der Waals surface area contributed by atoms with Crippen LogP contribution < -0.4 is 5.32 Å². The van der Waals surface area contributed by atoms with Gasteiger partial charge in [0.15, 0.2) is 0 Å². The molecule has 1 aromatic rings. The largest absolute Gasteiger partial charge is 0.353 e. The summed E-state index contributed by atoms with van der Waals surface area (Å²) in [6.07, 6.45) is 6.97. The van der Waals surface area contributed by atoms with Crippen LogP contribution in [-0.4, -0.2) is 37.8 Å². The van der Waals surface area contributed by atoms with Crippen molar-refractivity contribution in [3.8, 4) is 0 Å². The third-order valence-corrected chi connectivity index (χ3v) is 8.69. The van der Waals surface area contributed by atoms with Crippen molar-refractivity contribution >= 4 is 15.9 Å². The van der Waals surface area contributed by atoms with Crippen LogP contribution in [0.1, 0.15) is 77.2 Å². The van der Waals surface area contributed by atoms with Crippen molar-refractivity contribution in [2.24, 2.45) is 11.8 Å². The van der Waals surface area contributed by atoms with Crippen LogP contribution in [0, 0.1) is 11.8 Å². The number of amides is 1. The number of nitrogens with one attached hydrogen (secondary N) is 1. The van der Waals surface area contributed by atoms with E-state index in [1.165, 1.54) is 23.6 Å². The molecule has 1 heterocycles. The molecule has 1 amide bonds. The first-order valence-electron chi connectivity index (χ1n) is 11.2. The van der Waals surface area contributed by atoms with Crippen LogP contribution in [0.4, 0.5) is 0 Å². The summed E-state index contributed by atoms with van der Waals surface area (Å²) in [6, 6.07) is 7.49. The van der Waals surface area contributed by atoms with E-state index < -0.39 is 10.0 Å². The monoisotopic (exact) mass is 420 g/mol. The summed E-state index contributed by atoms with van der Waals surface area (Å²) in [5.74, 6) is 1.22. The van der Waals surface area contributed by atoms with Gasteiger partial charge in [0.1, 0.15) is 0 Å². The van der Waals surface area contributed by atoms with Gasteiger partial charge in [0.2, 0.25) is 15.9 Å². The van der Waals surface area contributed by atoms with Crippen LogP contribution in [0.2, 0.25) is 0 Å². The predicted molar refractivity (Wildman–Crippen MR) is 116 cm³/mol. The zero-order chi connectivity index (χ0) is 21.0. The van der Waals surface area contributed by atoms with E-state index in [9.17, 15) is 13.2 Å². The van der Waals surface area contributed by atoms with Crippen molar-refractivity contribution in [1.29, 1.82) is 0 Å². The SMILES string of the molecule is CCC1CCC(NC(=O)C2CCN(S(=O)(=O)c3ccc(C(C)C)cc3)CC2)CC1. The molecule has 1 saturated heterocycles. The van der Waals surface area contributed by atoms with Gasteiger partial charge >= 0.3 is 0 Å². The normalized spacial score (nSPS) is 24.6. The topological polar surface area (TPSA) is 66.5 Å². The second-order valence-corrected chi connectivity index (χ2v) is 11.0. The number of rotatable bonds is 6. The Balaban J connectivity index is 1.52. The number of benzene rings is 1. The number of hydrogen-bond acceptors (Lipinski definition) is 3. The molecule has 1 N–H and O–H groups in total. The fourth-order valence-electron chi connectivity index (χ4n) is 4.57. The lowest BCUT2D eigenvalue weighted by Gasteiger charge is -2.33. The Hall–Kier alpha value is -1.40. The molecule has 0 atom stereocenters. The van der Waals surface area contributed by atoms with Crippen LogP contribution in [0.25, 0.3) is 0 Å². The second kappa shape index (κ2) is 9.61. The maximum atomic E-state index is 12.9. The van der Waals surface area contributed by atoms with Gasteiger partial charge in [-0.25, -0.2) is 8.42 Å². The van der Waals surface area contributed by atoms with E-state index in [0.717, 1.165) is 24.3 Å². The first kappa shape index (κ1) is 22.3. The van der Waals surface area contributed by atoms with Crippen LogP contribution in [0.5, 0.6) is 0 Å². The zero-order valence-corrected chi connectivity index (χ0v) is 18.9. The molecule has 2 fully saturated rings. The van der Waals surface area contributed by atoms with E-state index in [-0.39, 0.29) is 11.8 Å². The molecule has 0 unspecified atom stereocenters. The van der Waals surface area contributed by atoms with Crippen molar-refractivity contribution in [1.82, 2.24) is 9.62 Å². The predicted octanol–water partition coefficient (Wildman–Crippen LogP) is 4.30. The molecule has 1 aliphatic heterocycles. The van der Waals surface area contributed by atoms with Crippen molar-refractivity contribution in [2.75, 3.05) is 13.1 Å². The van der Waals surface area contributed by atoms with Gasteiger partial charge in [-0.2, -0.15) is 4.31 Å². The third kappa shape index (κ3) is 5.40. The van der Waals surface area contributed by atoms with Gasteiger partial charge in [-0.05, 0) is 68.1 Å². The number of sulfonamides is 1. The van der Waals surface area contributed by atoms with E-state index in [1.807, 2.05) is 12.1 Å². The van der Waals surface area contributed by atoms with E-state index in [0.29, 0.717) is 42.8 Å². The quantitative estimate of drug-likeness (QED) is 0.746. The molecule has 1 aliphatic carbocycles. The first-order valence-corrected chi connectivity index (χ1v) is 12.7. The van der Waals surface area contributed by atoms with E-state index in [1.54, 1.807) is 12.1 Å². The lowest BCUT2D eigenvalue weighted by atomic mass is 9.84. The molecular weight excluding hydrogens is 384 g/mol. The van der Waals surface area contributed by atoms with Crippen LogP contribution >= 0.6 is 0 Å². The molecule has 1 aromatic carbocycles. The van der Waals surface area contributed by atoms with E-state index in [2.05, 4.69) is 26.1 Å². The fourth-order valence-corrected chi connectivity index (χ4v) is 6.04. The summed E-state index contributed by atoms with van der Waals surface area (Å²) >= 11 is 0. The van der Waals surface area contributed by atoms with Gasteiger partial charge in [-0.15, -0.1) is 0 Å². The molecule has 0 aromatic heterocycles. The third-order valence-electron chi connectivity index (χ3n) is 6.78. The van der Waals surface area contributed by atoms with Gasteiger partial charge in [0.25, 0.3) is 0 Å². The minimum atomic E-state index is -3.49. The molecule has 0 spiro atoms. The molecule has 1 saturated carbocycles. The molecule has 2 aliphatic rings. The standard InChI is InChI=1S/C23H36N2O3S/c1-4-18-5-9-21(10-6-18)24-23(26)20-13-15-25(16-14-20)29(27,28)22-11-7-19(8-12-22)17(2)3/h7-8,11-12,17-18,20-21H,4-6,9-10,13-16H2,1-3H3,(H,24,26). The average molecular weight is 421 g/mol. The Morgan fingerprint density at radius 3 is 2.14 bits per heavy atom. The molecule has 0 radical (unpaired) electrons. The Morgan fingerprint density at radius 2 is 1.62 bits per heavy atom. The lowest BCUT2D eigenvalue weighted by Crippen LogP contribution is -2.46. The van der Waals surface area contributed by atoms with E-state index in [4.69, 9.17) is 0 Å². The maximum absolute atomic E-state index is 12.9. The highest BCUT2D eigenvalue weighted by molar-refractivity contribution is 7.89. The van der Waals surface area contributed by atoms with Crippen molar-refractivity contribution in [3.05, 3.63) is 29.8 Å². The highest BCUT2D eigenvalue weighted by Gasteiger charge is 2.33.